The third kappa shape index (κ3) is 4.31. The van der Waals surface area contributed by atoms with Crippen LogP contribution in [0.15, 0.2) is 18.0 Å². The lowest BCUT2D eigenvalue weighted by Crippen LogP contribution is -2.45. The van der Waals surface area contributed by atoms with Crippen LogP contribution in [0.4, 0.5) is 5.82 Å². The Kier molecular flexibility index (Phi) is 6.45. The number of hydrogen-bond acceptors (Lipinski definition) is 6. The number of piperidine rings is 1. The molecule has 6 nitrogen and oxygen atoms in total. The molecule has 7 heteroatoms. The highest BCUT2D eigenvalue weighted by molar-refractivity contribution is 7.20. The zero-order valence-electron chi connectivity index (χ0n) is 17.1. The molecule has 29 heavy (non-hydrogen) atoms. The molecule has 1 amide bonds. The number of aliphatic hydroxyl groups is 1. The van der Waals surface area contributed by atoms with Crippen LogP contribution in [0, 0.1) is 6.92 Å². The normalized spacial score (nSPS) is 20.0. The van der Waals surface area contributed by atoms with Gasteiger partial charge in [-0.15, -0.1) is 11.3 Å². The molecule has 2 aromatic heterocycles. The summed E-state index contributed by atoms with van der Waals surface area (Å²) in [6.45, 7) is 3.57. The summed E-state index contributed by atoms with van der Waals surface area (Å²) in [5.41, 5.74) is 2.48. The third-order valence-corrected chi connectivity index (χ3v) is 7.33. The Balaban J connectivity index is 1.54. The molecule has 1 fully saturated rings. The Morgan fingerprint density at radius 1 is 1.31 bits per heavy atom. The second-order valence-electron chi connectivity index (χ2n) is 8.07. The van der Waals surface area contributed by atoms with E-state index in [9.17, 15) is 9.90 Å². The van der Waals surface area contributed by atoms with Crippen molar-refractivity contribution < 1.29 is 9.90 Å². The number of fused-ring (bicyclic) bond motifs is 1. The molecule has 1 aliphatic heterocycles. The summed E-state index contributed by atoms with van der Waals surface area (Å²) in [5.74, 6) is 0.833. The number of carbonyl (C=O) groups is 1. The number of aliphatic hydroxyl groups excluding tert-OH is 1. The quantitative estimate of drug-likeness (QED) is 0.690. The van der Waals surface area contributed by atoms with E-state index in [-0.39, 0.29) is 18.6 Å². The van der Waals surface area contributed by atoms with Crippen LogP contribution in [0.5, 0.6) is 0 Å². The van der Waals surface area contributed by atoms with Crippen LogP contribution in [0.1, 0.15) is 66.6 Å². The first-order valence-electron chi connectivity index (χ1n) is 10.8. The Labute approximate surface area is 176 Å². The number of rotatable bonds is 6. The average molecular weight is 415 g/mol. The average Bonchev–Trinajstić information content (AvgIpc) is 3.11. The maximum atomic E-state index is 13.2. The summed E-state index contributed by atoms with van der Waals surface area (Å²) in [5, 5.41) is 14.1. The van der Waals surface area contributed by atoms with Crippen LogP contribution in [0.3, 0.4) is 0 Å². The van der Waals surface area contributed by atoms with Crippen LogP contribution in [-0.4, -0.2) is 51.6 Å². The molecule has 0 bridgehead atoms. The first kappa shape index (κ1) is 20.3. The van der Waals surface area contributed by atoms with Gasteiger partial charge in [0.2, 0.25) is 0 Å². The topological polar surface area (TPSA) is 78.4 Å². The highest BCUT2D eigenvalue weighted by Crippen LogP contribution is 2.35. The number of nitrogens with zero attached hydrogens (tertiary/aromatic N) is 3. The molecule has 2 N–H and O–H groups in total. The molecule has 1 atom stereocenters. The predicted octanol–water partition coefficient (Wildman–Crippen LogP) is 4.29. The van der Waals surface area contributed by atoms with Gasteiger partial charge in [0.05, 0.1) is 22.9 Å². The highest BCUT2D eigenvalue weighted by atomic mass is 32.1. The SMILES string of the molecule is Cc1c(C(=O)N2CCCCC2CO)sc2ncnc(NCCC3=CCCCC3)c12. The van der Waals surface area contributed by atoms with E-state index in [4.69, 9.17) is 0 Å². The zero-order valence-corrected chi connectivity index (χ0v) is 17.9. The fraction of sp³-hybridized carbons (Fsp3) is 0.591. The van der Waals surface area contributed by atoms with Crippen LogP contribution < -0.4 is 5.32 Å². The van der Waals surface area contributed by atoms with Gasteiger partial charge in [-0.25, -0.2) is 9.97 Å². The molecule has 2 aliphatic rings. The third-order valence-electron chi connectivity index (χ3n) is 6.14. The number of carbonyl (C=O) groups excluding carboxylic acids is 1. The van der Waals surface area contributed by atoms with Crippen molar-refractivity contribution in [3.05, 3.63) is 28.4 Å². The van der Waals surface area contributed by atoms with Gasteiger partial charge < -0.3 is 15.3 Å². The predicted molar refractivity (Wildman–Crippen MR) is 118 cm³/mol. The smallest absolute Gasteiger partial charge is 0.264 e. The van der Waals surface area contributed by atoms with Crippen LogP contribution >= 0.6 is 11.3 Å². The van der Waals surface area contributed by atoms with Crippen molar-refractivity contribution >= 4 is 33.3 Å². The van der Waals surface area contributed by atoms with Gasteiger partial charge in [-0.05, 0) is 63.9 Å². The van der Waals surface area contributed by atoms with Crippen molar-refractivity contribution in [1.82, 2.24) is 14.9 Å². The van der Waals surface area contributed by atoms with Crippen molar-refractivity contribution in [1.29, 1.82) is 0 Å². The van der Waals surface area contributed by atoms with Gasteiger partial charge in [-0.3, -0.25) is 4.79 Å². The van der Waals surface area contributed by atoms with Crippen molar-refractivity contribution in [2.75, 3.05) is 25.0 Å². The molecule has 3 heterocycles. The van der Waals surface area contributed by atoms with Crippen molar-refractivity contribution in [2.45, 2.75) is 64.3 Å². The summed E-state index contributed by atoms with van der Waals surface area (Å²) < 4.78 is 0. The van der Waals surface area contributed by atoms with Crippen molar-refractivity contribution in [2.24, 2.45) is 0 Å². The number of nitrogens with one attached hydrogen (secondary N) is 1. The molecule has 0 aromatic carbocycles. The van der Waals surface area contributed by atoms with Crippen LogP contribution in [-0.2, 0) is 0 Å². The van der Waals surface area contributed by atoms with Gasteiger partial charge in [0.1, 0.15) is 17.0 Å². The van der Waals surface area contributed by atoms with E-state index in [1.807, 2.05) is 11.8 Å². The van der Waals surface area contributed by atoms with Gasteiger partial charge in [0, 0.05) is 13.1 Å². The first-order valence-corrected chi connectivity index (χ1v) is 11.6. The van der Waals surface area contributed by atoms with E-state index < -0.39 is 0 Å². The zero-order chi connectivity index (χ0) is 20.2. The molecule has 0 radical (unpaired) electrons. The number of aryl methyl sites for hydroxylation is 1. The lowest BCUT2D eigenvalue weighted by molar-refractivity contribution is 0.0507. The summed E-state index contributed by atoms with van der Waals surface area (Å²) in [4.78, 5) is 25.5. The minimum Gasteiger partial charge on any atom is -0.394 e. The largest absolute Gasteiger partial charge is 0.394 e. The fourth-order valence-corrected chi connectivity index (χ4v) is 5.58. The van der Waals surface area contributed by atoms with E-state index in [2.05, 4.69) is 21.4 Å². The molecule has 1 saturated heterocycles. The lowest BCUT2D eigenvalue weighted by atomic mass is 9.97. The number of likely N-dealkylation sites (tertiary alicyclic amines) is 1. The molecule has 4 rings (SSSR count). The van der Waals surface area contributed by atoms with Gasteiger partial charge >= 0.3 is 0 Å². The molecule has 1 aliphatic carbocycles. The van der Waals surface area contributed by atoms with Gasteiger partial charge in [0.15, 0.2) is 0 Å². The summed E-state index contributed by atoms with van der Waals surface area (Å²) >= 11 is 1.44. The molecular weight excluding hydrogens is 384 g/mol. The Morgan fingerprint density at radius 2 is 2.21 bits per heavy atom. The second-order valence-corrected chi connectivity index (χ2v) is 9.07. The fourth-order valence-electron chi connectivity index (χ4n) is 4.47. The number of amides is 1. The minimum atomic E-state index is -0.0756. The molecule has 1 unspecified atom stereocenters. The molecule has 2 aromatic rings. The van der Waals surface area contributed by atoms with Crippen molar-refractivity contribution in [3.63, 3.8) is 0 Å². The lowest BCUT2D eigenvalue weighted by Gasteiger charge is -2.34. The van der Waals surface area contributed by atoms with Gasteiger partial charge in [-0.2, -0.15) is 0 Å². The first-order chi connectivity index (χ1) is 14.2. The number of anilines is 1. The Morgan fingerprint density at radius 3 is 3.00 bits per heavy atom. The van der Waals surface area contributed by atoms with E-state index in [0.717, 1.165) is 58.7 Å². The van der Waals surface area contributed by atoms with E-state index >= 15 is 0 Å². The van der Waals surface area contributed by atoms with Crippen LogP contribution in [0.25, 0.3) is 10.2 Å². The maximum absolute atomic E-state index is 13.2. The summed E-state index contributed by atoms with van der Waals surface area (Å²) in [6.07, 6.45) is 12.9. The number of hydrogen-bond donors (Lipinski definition) is 2. The Hall–Kier alpha value is -1.99. The summed E-state index contributed by atoms with van der Waals surface area (Å²) in [6, 6.07) is -0.0756. The number of thiophene rings is 1. The molecule has 0 saturated carbocycles. The Bertz CT molecular complexity index is 908. The molecule has 0 spiro atoms. The van der Waals surface area contributed by atoms with Gasteiger partial charge in [0.25, 0.3) is 5.91 Å². The standard InChI is InChI=1S/C22H30N4O2S/c1-15-18-20(23-11-10-16-7-3-2-4-8-16)24-14-25-21(18)29-19(15)22(28)26-12-6-5-9-17(26)13-27/h7,14,17,27H,2-6,8-13H2,1H3,(H,23,24,25). The monoisotopic (exact) mass is 414 g/mol. The van der Waals surface area contributed by atoms with Gasteiger partial charge in [-0.1, -0.05) is 11.6 Å². The second kappa shape index (κ2) is 9.22. The highest BCUT2D eigenvalue weighted by Gasteiger charge is 2.30. The number of allylic oxidation sites excluding steroid dienone is 1. The molecule has 156 valence electrons. The van der Waals surface area contributed by atoms with E-state index in [1.165, 1.54) is 42.6 Å². The number of aromatic nitrogens is 2. The summed E-state index contributed by atoms with van der Waals surface area (Å²) in [7, 11) is 0. The van der Waals surface area contributed by atoms with E-state index in [0.29, 0.717) is 6.54 Å². The maximum Gasteiger partial charge on any atom is 0.264 e. The van der Waals surface area contributed by atoms with Crippen molar-refractivity contribution in [3.8, 4) is 0 Å². The van der Waals surface area contributed by atoms with Crippen LogP contribution in [0.2, 0.25) is 0 Å². The minimum absolute atomic E-state index is 0.0163. The molecular formula is C22H30N4O2S. The van der Waals surface area contributed by atoms with E-state index in [1.54, 1.807) is 6.33 Å².